The highest BCUT2D eigenvalue weighted by Gasteiger charge is 2.32. The van der Waals surface area contributed by atoms with Gasteiger partial charge in [-0.15, -0.1) is 0 Å². The minimum Gasteiger partial charge on any atom is -0.268 e. The lowest BCUT2D eigenvalue weighted by molar-refractivity contribution is 0.101. The molecule has 1 amide bonds. The maximum atomic E-state index is 13.4. The number of hydrogen-bond donors (Lipinski definition) is 0. The van der Waals surface area contributed by atoms with Gasteiger partial charge >= 0.3 is 0 Å². The van der Waals surface area contributed by atoms with Gasteiger partial charge in [0.15, 0.2) is 0 Å². The van der Waals surface area contributed by atoms with Crippen LogP contribution < -0.4 is 4.31 Å². The van der Waals surface area contributed by atoms with Crippen LogP contribution >= 0.6 is 11.6 Å². The fourth-order valence-corrected chi connectivity index (χ4v) is 4.63. The number of unbranched alkanes of at least 4 members (excludes halogenated alkanes) is 1. The summed E-state index contributed by atoms with van der Waals surface area (Å²) in [7, 11) is -4.12. The second kappa shape index (κ2) is 9.25. The Kier molecular flexibility index (Phi) is 6.72. The zero-order chi connectivity index (χ0) is 20.9. The Morgan fingerprint density at radius 2 is 1.52 bits per heavy atom. The molecule has 0 radical (unpaired) electrons. The number of hydrogen-bond acceptors (Lipinski definition) is 3. The van der Waals surface area contributed by atoms with Gasteiger partial charge in [-0.3, -0.25) is 4.79 Å². The summed E-state index contributed by atoms with van der Waals surface area (Å²) in [6, 6.07) is 21.4. The zero-order valence-electron chi connectivity index (χ0n) is 16.1. The minimum absolute atomic E-state index is 0.0375. The molecule has 0 aliphatic rings. The van der Waals surface area contributed by atoms with Gasteiger partial charge in [-0.05, 0) is 54.8 Å². The molecule has 0 aliphatic heterocycles. The number of halogens is 1. The number of sulfonamides is 1. The van der Waals surface area contributed by atoms with Gasteiger partial charge in [0.25, 0.3) is 15.9 Å². The molecule has 0 N–H and O–H groups in total. The molecule has 0 aliphatic carbocycles. The predicted molar refractivity (Wildman–Crippen MR) is 117 cm³/mol. The van der Waals surface area contributed by atoms with Crippen molar-refractivity contribution in [2.45, 2.75) is 31.1 Å². The lowest BCUT2D eigenvalue weighted by Crippen LogP contribution is -2.37. The first kappa shape index (κ1) is 21.1. The van der Waals surface area contributed by atoms with E-state index < -0.39 is 15.9 Å². The number of benzene rings is 3. The summed E-state index contributed by atoms with van der Waals surface area (Å²) in [6.45, 7) is 2.12. The Balaban J connectivity index is 2.09. The molecule has 0 heterocycles. The van der Waals surface area contributed by atoms with E-state index in [9.17, 15) is 13.2 Å². The highest BCUT2D eigenvalue weighted by Crippen LogP contribution is 2.28. The summed E-state index contributed by atoms with van der Waals surface area (Å²) >= 11 is 6.19. The molecule has 3 rings (SSSR count). The van der Waals surface area contributed by atoms with E-state index >= 15 is 0 Å². The van der Waals surface area contributed by atoms with Gasteiger partial charge in [-0.25, -0.2) is 8.42 Å². The van der Waals surface area contributed by atoms with Crippen LogP contribution in [0.3, 0.4) is 0 Å². The molecule has 0 fully saturated rings. The summed E-state index contributed by atoms with van der Waals surface area (Å²) in [5, 5.41) is 0.199. The van der Waals surface area contributed by atoms with Crippen molar-refractivity contribution in [2.75, 3.05) is 4.31 Å². The van der Waals surface area contributed by atoms with Gasteiger partial charge in [0, 0.05) is 0 Å². The summed E-state index contributed by atoms with van der Waals surface area (Å²) in [5.74, 6) is -0.694. The van der Waals surface area contributed by atoms with Gasteiger partial charge in [-0.1, -0.05) is 67.4 Å². The van der Waals surface area contributed by atoms with Crippen molar-refractivity contribution in [2.24, 2.45) is 0 Å². The Morgan fingerprint density at radius 1 is 0.897 bits per heavy atom. The average Bonchev–Trinajstić information content (AvgIpc) is 2.74. The SMILES string of the molecule is CCCCc1ccc(N(C(=O)c2ccccc2Cl)S(=O)(=O)c2ccccc2)cc1. The molecule has 29 heavy (non-hydrogen) atoms. The Morgan fingerprint density at radius 3 is 2.14 bits per heavy atom. The Labute approximate surface area is 176 Å². The third-order valence-corrected chi connectivity index (χ3v) is 6.61. The van der Waals surface area contributed by atoms with Crippen LogP contribution in [-0.4, -0.2) is 14.3 Å². The molecule has 0 unspecified atom stereocenters. The van der Waals surface area contributed by atoms with Crippen molar-refractivity contribution in [3.8, 4) is 0 Å². The molecule has 0 saturated heterocycles. The van der Waals surface area contributed by atoms with Gasteiger partial charge in [-0.2, -0.15) is 4.31 Å². The van der Waals surface area contributed by atoms with Crippen molar-refractivity contribution >= 4 is 33.2 Å². The number of carbonyl (C=O) groups excluding carboxylic acids is 1. The van der Waals surface area contributed by atoms with Crippen LogP contribution in [0.1, 0.15) is 35.7 Å². The van der Waals surface area contributed by atoms with Gasteiger partial charge in [0.2, 0.25) is 0 Å². The van der Waals surface area contributed by atoms with Crippen LogP contribution in [0.2, 0.25) is 5.02 Å². The van der Waals surface area contributed by atoms with E-state index in [0.29, 0.717) is 0 Å². The second-order valence-corrected chi connectivity index (χ2v) is 8.83. The van der Waals surface area contributed by atoms with Crippen LogP contribution in [0.15, 0.2) is 83.8 Å². The number of anilines is 1. The lowest BCUT2D eigenvalue weighted by Gasteiger charge is -2.23. The summed E-state index contributed by atoms with van der Waals surface area (Å²) in [4.78, 5) is 13.3. The third-order valence-electron chi connectivity index (χ3n) is 4.56. The number of amides is 1. The molecule has 0 atom stereocenters. The number of nitrogens with zero attached hydrogens (tertiary/aromatic N) is 1. The maximum absolute atomic E-state index is 13.4. The monoisotopic (exact) mass is 427 g/mol. The van der Waals surface area contributed by atoms with E-state index in [1.54, 1.807) is 48.5 Å². The van der Waals surface area contributed by atoms with E-state index in [-0.39, 0.29) is 21.2 Å². The standard InChI is InChI=1S/C23H22ClNO3S/c1-2-3-9-18-14-16-19(17-15-18)25(23(26)21-12-7-8-13-22(21)24)29(27,28)20-10-5-4-6-11-20/h4-8,10-17H,2-3,9H2,1H3. The Hall–Kier alpha value is -2.63. The van der Waals surface area contributed by atoms with Crippen LogP contribution in [0, 0.1) is 0 Å². The molecule has 0 bridgehead atoms. The van der Waals surface area contributed by atoms with Crippen molar-refractivity contribution in [3.63, 3.8) is 0 Å². The number of carbonyl (C=O) groups is 1. The molecule has 6 heteroatoms. The van der Waals surface area contributed by atoms with Crippen molar-refractivity contribution < 1.29 is 13.2 Å². The summed E-state index contributed by atoms with van der Waals surface area (Å²) < 4.78 is 27.6. The van der Waals surface area contributed by atoms with E-state index in [1.807, 2.05) is 12.1 Å². The van der Waals surface area contributed by atoms with Crippen LogP contribution in [0.25, 0.3) is 0 Å². The normalized spacial score (nSPS) is 11.2. The summed E-state index contributed by atoms with van der Waals surface area (Å²) in [5.41, 5.74) is 1.50. The smallest absolute Gasteiger partial charge is 0.268 e. The first-order valence-electron chi connectivity index (χ1n) is 9.43. The molecule has 150 valence electrons. The first-order valence-corrected chi connectivity index (χ1v) is 11.2. The van der Waals surface area contributed by atoms with E-state index in [0.717, 1.165) is 29.1 Å². The van der Waals surface area contributed by atoms with Crippen LogP contribution in [-0.2, 0) is 16.4 Å². The van der Waals surface area contributed by atoms with Crippen molar-refractivity contribution in [1.29, 1.82) is 0 Å². The van der Waals surface area contributed by atoms with E-state index in [1.165, 1.54) is 18.2 Å². The molecular formula is C23H22ClNO3S. The minimum atomic E-state index is -4.12. The van der Waals surface area contributed by atoms with E-state index in [4.69, 9.17) is 11.6 Å². The topological polar surface area (TPSA) is 54.5 Å². The molecule has 4 nitrogen and oxygen atoms in total. The van der Waals surface area contributed by atoms with Gasteiger partial charge < -0.3 is 0 Å². The average molecular weight is 428 g/mol. The largest absolute Gasteiger partial charge is 0.273 e. The predicted octanol–water partition coefficient (Wildman–Crippen LogP) is 5.72. The van der Waals surface area contributed by atoms with Gasteiger partial charge in [0.05, 0.1) is 21.2 Å². The first-order chi connectivity index (χ1) is 13.9. The highest BCUT2D eigenvalue weighted by atomic mass is 35.5. The molecule has 0 saturated carbocycles. The maximum Gasteiger partial charge on any atom is 0.273 e. The van der Waals surface area contributed by atoms with Gasteiger partial charge in [0.1, 0.15) is 0 Å². The molecule has 0 aromatic heterocycles. The van der Waals surface area contributed by atoms with Crippen LogP contribution in [0.4, 0.5) is 5.69 Å². The zero-order valence-corrected chi connectivity index (χ0v) is 17.7. The van der Waals surface area contributed by atoms with Crippen molar-refractivity contribution in [3.05, 3.63) is 95.0 Å². The third kappa shape index (κ3) is 4.69. The quantitative estimate of drug-likeness (QED) is 0.484. The fourth-order valence-electron chi connectivity index (χ4n) is 2.99. The molecule has 0 spiro atoms. The van der Waals surface area contributed by atoms with Crippen molar-refractivity contribution in [1.82, 2.24) is 0 Å². The van der Waals surface area contributed by atoms with Crippen LogP contribution in [0.5, 0.6) is 0 Å². The second-order valence-electron chi connectivity index (χ2n) is 6.64. The summed E-state index contributed by atoms with van der Waals surface area (Å²) in [6.07, 6.45) is 3.02. The molecule has 3 aromatic carbocycles. The lowest BCUT2D eigenvalue weighted by atomic mass is 10.1. The fraction of sp³-hybridized carbons (Fsp3) is 0.174. The van der Waals surface area contributed by atoms with E-state index in [2.05, 4.69) is 6.92 Å². The number of aryl methyl sites for hydroxylation is 1. The molecular weight excluding hydrogens is 406 g/mol. The highest BCUT2D eigenvalue weighted by molar-refractivity contribution is 7.93. The molecule has 3 aromatic rings. The number of rotatable bonds is 7. The Bertz CT molecular complexity index is 1080.